The third-order valence-corrected chi connectivity index (χ3v) is 5.01. The molecular formula is C22H26N2O6S. The zero-order valence-electron chi connectivity index (χ0n) is 17.3. The number of ether oxygens (including phenoxy) is 2. The van der Waals surface area contributed by atoms with Crippen LogP contribution >= 0.6 is 12.6 Å². The maximum absolute atomic E-state index is 12.7. The van der Waals surface area contributed by atoms with Crippen molar-refractivity contribution in [3.8, 4) is 0 Å². The predicted molar refractivity (Wildman–Crippen MR) is 119 cm³/mol. The maximum atomic E-state index is 12.7. The highest BCUT2D eigenvalue weighted by Crippen LogP contribution is 2.27. The number of carbonyl (C=O) groups excluding carboxylic acids is 4. The zero-order chi connectivity index (χ0) is 23.0. The minimum absolute atomic E-state index is 0.00855. The summed E-state index contributed by atoms with van der Waals surface area (Å²) >= 11 is 3.81. The molecule has 0 aromatic heterocycles. The number of hydrogen-bond donors (Lipinski definition) is 3. The summed E-state index contributed by atoms with van der Waals surface area (Å²) in [5, 5.41) is 5.18. The molecule has 1 fully saturated rings. The summed E-state index contributed by atoms with van der Waals surface area (Å²) in [6.07, 6.45) is 3.13. The van der Waals surface area contributed by atoms with Crippen LogP contribution in [0.15, 0.2) is 43.5 Å². The Morgan fingerprint density at radius 2 is 1.87 bits per heavy atom. The number of thiol groups is 1. The van der Waals surface area contributed by atoms with Crippen LogP contribution < -0.4 is 10.6 Å². The molecule has 0 saturated carbocycles. The summed E-state index contributed by atoms with van der Waals surface area (Å²) in [7, 11) is 0. The van der Waals surface area contributed by atoms with Crippen molar-refractivity contribution in [1.82, 2.24) is 5.32 Å². The fraction of sp³-hybridized carbons (Fsp3) is 0.364. The fourth-order valence-corrected chi connectivity index (χ4v) is 3.68. The standard InChI is InChI=1S/C22H26N2O6S/c1-4-6-29-20(26)14-8-13(3)9-16(10-14)24-19(25)17-11-15(12-23-17)18(22(28)31)21(27)30-7-5-2/h4-5,8-10,15,17-18,23H,1-2,6-7,11-12H2,3H3,(H,24,25)(H,28,31)/t15-,17+,18?/m1/s1. The molecule has 2 N–H and O–H groups in total. The maximum Gasteiger partial charge on any atom is 0.338 e. The van der Waals surface area contributed by atoms with Gasteiger partial charge in [-0.1, -0.05) is 25.3 Å². The molecular weight excluding hydrogens is 420 g/mol. The van der Waals surface area contributed by atoms with E-state index in [-0.39, 0.29) is 32.1 Å². The van der Waals surface area contributed by atoms with E-state index in [2.05, 4.69) is 36.4 Å². The molecule has 1 aromatic rings. The Labute approximate surface area is 186 Å². The van der Waals surface area contributed by atoms with Gasteiger partial charge < -0.3 is 20.1 Å². The van der Waals surface area contributed by atoms with Crippen LogP contribution in [-0.2, 0) is 23.9 Å². The third kappa shape index (κ3) is 6.80. The predicted octanol–water partition coefficient (Wildman–Crippen LogP) is 2.06. The first-order valence-corrected chi connectivity index (χ1v) is 10.2. The molecule has 1 amide bonds. The molecule has 1 saturated heterocycles. The largest absolute Gasteiger partial charge is 0.461 e. The van der Waals surface area contributed by atoms with E-state index in [4.69, 9.17) is 9.47 Å². The van der Waals surface area contributed by atoms with Gasteiger partial charge in [0.05, 0.1) is 11.6 Å². The SMILES string of the molecule is C=CCOC(=O)c1cc(C)cc(NC(=O)[C@@H]2C[C@@H](C(C(=O)S)C(=O)OCC=C)CN2)c1. The number of benzene rings is 1. The van der Waals surface area contributed by atoms with E-state index in [9.17, 15) is 19.2 Å². The second-order valence-corrected chi connectivity index (χ2v) is 7.60. The Morgan fingerprint density at radius 3 is 2.52 bits per heavy atom. The van der Waals surface area contributed by atoms with Gasteiger partial charge in [-0.05, 0) is 43.0 Å². The van der Waals surface area contributed by atoms with Gasteiger partial charge in [-0.3, -0.25) is 14.4 Å². The molecule has 0 aliphatic carbocycles. The summed E-state index contributed by atoms with van der Waals surface area (Å²) in [5.74, 6) is -3.05. The highest BCUT2D eigenvalue weighted by atomic mass is 32.1. The second-order valence-electron chi connectivity index (χ2n) is 7.16. The number of rotatable bonds is 10. The van der Waals surface area contributed by atoms with Gasteiger partial charge in [0.15, 0.2) is 5.12 Å². The topological polar surface area (TPSA) is 111 Å². The lowest BCUT2D eigenvalue weighted by Gasteiger charge is -2.18. The quantitative estimate of drug-likeness (QED) is 0.218. The molecule has 166 valence electrons. The van der Waals surface area contributed by atoms with E-state index in [1.54, 1.807) is 19.1 Å². The lowest BCUT2D eigenvalue weighted by Crippen LogP contribution is -2.35. The van der Waals surface area contributed by atoms with Gasteiger partial charge in [0, 0.05) is 12.2 Å². The molecule has 0 radical (unpaired) electrons. The Balaban J connectivity index is 2.05. The van der Waals surface area contributed by atoms with Crippen molar-refractivity contribution >= 4 is 41.3 Å². The van der Waals surface area contributed by atoms with Crippen LogP contribution in [0.4, 0.5) is 5.69 Å². The van der Waals surface area contributed by atoms with E-state index in [0.717, 1.165) is 5.56 Å². The lowest BCUT2D eigenvalue weighted by atomic mass is 9.90. The summed E-state index contributed by atoms with van der Waals surface area (Å²) in [6.45, 7) is 9.12. The van der Waals surface area contributed by atoms with Gasteiger partial charge in [-0.15, -0.1) is 12.6 Å². The van der Waals surface area contributed by atoms with Gasteiger partial charge in [0.25, 0.3) is 0 Å². The smallest absolute Gasteiger partial charge is 0.338 e. The molecule has 8 nitrogen and oxygen atoms in total. The van der Waals surface area contributed by atoms with E-state index in [1.165, 1.54) is 18.2 Å². The van der Waals surface area contributed by atoms with Gasteiger partial charge >= 0.3 is 11.9 Å². The summed E-state index contributed by atoms with van der Waals surface area (Å²) in [5.41, 5.74) is 1.51. The second kappa shape index (κ2) is 11.5. The van der Waals surface area contributed by atoms with Gasteiger partial charge in [-0.2, -0.15) is 0 Å². The first kappa shape index (κ1) is 24.4. The molecule has 3 atom stereocenters. The highest BCUT2D eigenvalue weighted by molar-refractivity contribution is 7.96. The van der Waals surface area contributed by atoms with Crippen LogP contribution in [-0.4, -0.2) is 48.8 Å². The van der Waals surface area contributed by atoms with Crippen molar-refractivity contribution in [2.75, 3.05) is 25.1 Å². The molecule has 2 rings (SSSR count). The van der Waals surface area contributed by atoms with Crippen LogP contribution in [0.2, 0.25) is 0 Å². The number of amides is 1. The molecule has 31 heavy (non-hydrogen) atoms. The Hall–Kier alpha value is -2.91. The first-order chi connectivity index (χ1) is 14.8. The Morgan fingerprint density at radius 1 is 1.19 bits per heavy atom. The van der Waals surface area contributed by atoms with E-state index < -0.39 is 34.9 Å². The normalized spacial score (nSPS) is 18.5. The number of hydrogen-bond acceptors (Lipinski definition) is 7. The van der Waals surface area contributed by atoms with Gasteiger partial charge in [-0.25, -0.2) is 4.79 Å². The summed E-state index contributed by atoms with van der Waals surface area (Å²) in [4.78, 5) is 48.9. The molecule has 1 heterocycles. The third-order valence-electron chi connectivity index (χ3n) is 4.73. The van der Waals surface area contributed by atoms with Crippen LogP contribution in [0.3, 0.4) is 0 Å². The van der Waals surface area contributed by atoms with Crippen molar-refractivity contribution in [2.45, 2.75) is 19.4 Å². The number of esters is 2. The first-order valence-electron chi connectivity index (χ1n) is 9.71. The zero-order valence-corrected chi connectivity index (χ0v) is 18.2. The van der Waals surface area contributed by atoms with E-state index >= 15 is 0 Å². The monoisotopic (exact) mass is 446 g/mol. The fourth-order valence-electron chi connectivity index (χ4n) is 3.36. The van der Waals surface area contributed by atoms with Crippen LogP contribution in [0.1, 0.15) is 22.3 Å². The minimum atomic E-state index is -1.07. The van der Waals surface area contributed by atoms with Crippen LogP contribution in [0, 0.1) is 18.8 Å². The van der Waals surface area contributed by atoms with Crippen molar-refractivity contribution in [2.24, 2.45) is 11.8 Å². The average molecular weight is 447 g/mol. The van der Waals surface area contributed by atoms with Crippen LogP contribution in [0.25, 0.3) is 0 Å². The van der Waals surface area contributed by atoms with Gasteiger partial charge in [0.1, 0.15) is 19.1 Å². The average Bonchev–Trinajstić information content (AvgIpc) is 3.19. The van der Waals surface area contributed by atoms with Crippen molar-refractivity contribution < 1.29 is 28.7 Å². The number of nitrogens with one attached hydrogen (secondary N) is 2. The summed E-state index contributed by atoms with van der Waals surface area (Å²) in [6, 6.07) is 4.28. The van der Waals surface area contributed by atoms with E-state index in [0.29, 0.717) is 11.3 Å². The minimum Gasteiger partial charge on any atom is -0.461 e. The molecule has 1 unspecified atom stereocenters. The van der Waals surface area contributed by atoms with Crippen molar-refractivity contribution in [1.29, 1.82) is 0 Å². The van der Waals surface area contributed by atoms with Crippen LogP contribution in [0.5, 0.6) is 0 Å². The molecule has 1 aromatic carbocycles. The Bertz CT molecular complexity index is 885. The van der Waals surface area contributed by atoms with Crippen molar-refractivity contribution in [3.05, 3.63) is 54.6 Å². The lowest BCUT2D eigenvalue weighted by molar-refractivity contribution is -0.151. The molecule has 1 aliphatic rings. The van der Waals surface area contributed by atoms with E-state index in [1.807, 2.05) is 0 Å². The summed E-state index contributed by atoms with van der Waals surface area (Å²) < 4.78 is 10.0. The molecule has 0 spiro atoms. The molecule has 1 aliphatic heterocycles. The Kier molecular flexibility index (Phi) is 9.02. The van der Waals surface area contributed by atoms with Crippen molar-refractivity contribution in [3.63, 3.8) is 0 Å². The number of anilines is 1. The highest BCUT2D eigenvalue weighted by Gasteiger charge is 2.41. The number of aryl methyl sites for hydroxylation is 1. The number of carbonyl (C=O) groups is 4. The molecule has 9 heteroatoms. The molecule has 0 bridgehead atoms. The van der Waals surface area contributed by atoms with Gasteiger partial charge in [0.2, 0.25) is 5.91 Å².